The van der Waals surface area contributed by atoms with Crippen molar-refractivity contribution in [3.8, 4) is 5.69 Å². The van der Waals surface area contributed by atoms with Gasteiger partial charge in [-0.2, -0.15) is 0 Å². The Morgan fingerprint density at radius 3 is 2.44 bits per heavy atom. The Balaban J connectivity index is 0.00000126. The number of rotatable bonds is 4. The van der Waals surface area contributed by atoms with Gasteiger partial charge in [-0.15, -0.1) is 0 Å². The fourth-order valence-corrected chi connectivity index (χ4v) is 3.36. The first-order valence-corrected chi connectivity index (χ1v) is 9.64. The van der Waals surface area contributed by atoms with Crippen LogP contribution in [0.3, 0.4) is 0 Å². The van der Waals surface area contributed by atoms with E-state index in [4.69, 9.17) is 11.6 Å². The van der Waals surface area contributed by atoms with Crippen LogP contribution in [0.1, 0.15) is 36.7 Å². The van der Waals surface area contributed by atoms with Crippen LogP contribution in [0, 0.1) is 6.92 Å². The van der Waals surface area contributed by atoms with Crippen LogP contribution in [0.2, 0.25) is 5.02 Å². The molecule has 0 bridgehead atoms. The highest BCUT2D eigenvalue weighted by Gasteiger charge is 2.13. The van der Waals surface area contributed by atoms with Crippen molar-refractivity contribution >= 4 is 29.1 Å². The lowest BCUT2D eigenvalue weighted by Gasteiger charge is -2.09. The lowest BCUT2D eigenvalue weighted by molar-refractivity contribution is 0.101. The van der Waals surface area contributed by atoms with Crippen molar-refractivity contribution in [1.29, 1.82) is 0 Å². The highest BCUT2D eigenvalue weighted by atomic mass is 35.5. The molecule has 0 fully saturated rings. The van der Waals surface area contributed by atoms with Gasteiger partial charge in [0, 0.05) is 23.0 Å². The van der Waals surface area contributed by atoms with E-state index in [-0.39, 0.29) is 11.3 Å². The second-order valence-corrected chi connectivity index (χ2v) is 6.82. The first kappa shape index (κ1) is 20.9. The minimum atomic E-state index is -0.211. The quantitative estimate of drug-likeness (QED) is 0.577. The van der Waals surface area contributed by atoms with Crippen molar-refractivity contribution < 1.29 is 4.79 Å². The molecule has 0 amide bonds. The van der Waals surface area contributed by atoms with Gasteiger partial charge in [0.05, 0.1) is 10.6 Å². The van der Waals surface area contributed by atoms with Crippen molar-refractivity contribution in [1.82, 2.24) is 14.5 Å². The Hall–Kier alpha value is -2.44. The van der Waals surface area contributed by atoms with E-state index in [1.165, 1.54) is 35.8 Å². The number of carbonyl (C=O) groups excluding carboxylic acids is 1. The number of pyridine rings is 1. The number of aromatic nitrogens is 3. The molecule has 0 aliphatic heterocycles. The third-order valence-electron chi connectivity index (χ3n) is 3.65. The average molecular weight is 402 g/mol. The van der Waals surface area contributed by atoms with Gasteiger partial charge in [-0.1, -0.05) is 37.2 Å². The van der Waals surface area contributed by atoms with Crippen LogP contribution in [0.15, 0.2) is 63.8 Å². The second kappa shape index (κ2) is 9.48. The minimum absolute atomic E-state index is 0.0356. The van der Waals surface area contributed by atoms with Crippen LogP contribution in [0.4, 0.5) is 0 Å². The summed E-state index contributed by atoms with van der Waals surface area (Å²) in [7, 11) is 0. The van der Waals surface area contributed by atoms with E-state index in [0.29, 0.717) is 26.2 Å². The summed E-state index contributed by atoms with van der Waals surface area (Å²) in [6, 6.07) is 8.60. The first-order valence-electron chi connectivity index (χ1n) is 8.44. The monoisotopic (exact) mass is 401 g/mol. The second-order valence-electron chi connectivity index (χ2n) is 5.36. The van der Waals surface area contributed by atoms with Crippen molar-refractivity contribution in [2.75, 3.05) is 0 Å². The summed E-state index contributed by atoms with van der Waals surface area (Å²) in [4.78, 5) is 33.3. The third-order valence-corrected chi connectivity index (χ3v) is 5.01. The number of Topliss-reactive ketones (excluding diaryl/α,β-unsaturated/α-hetero) is 1. The van der Waals surface area contributed by atoms with Gasteiger partial charge in [0.25, 0.3) is 5.56 Å². The SMILES string of the molecule is CC.CC(=O)c1ccnc(Sc2cncn(-c3ccc(Cl)cc3)c2=O)c1C. The minimum Gasteiger partial charge on any atom is -0.294 e. The van der Waals surface area contributed by atoms with Gasteiger partial charge in [-0.05, 0) is 49.7 Å². The fraction of sp³-hybridized carbons (Fsp3) is 0.200. The predicted molar refractivity (Wildman–Crippen MR) is 109 cm³/mol. The van der Waals surface area contributed by atoms with Crippen LogP contribution in [-0.4, -0.2) is 20.3 Å². The predicted octanol–water partition coefficient (Wildman–Crippen LogP) is 4.97. The average Bonchev–Trinajstić information content (AvgIpc) is 2.67. The maximum atomic E-state index is 12.8. The molecule has 140 valence electrons. The molecule has 0 unspecified atom stereocenters. The molecular weight excluding hydrogens is 382 g/mol. The number of nitrogens with zero attached hydrogens (tertiary/aromatic N) is 3. The van der Waals surface area contributed by atoms with E-state index >= 15 is 0 Å². The molecule has 3 aromatic rings. The number of hydrogen-bond acceptors (Lipinski definition) is 5. The molecule has 0 atom stereocenters. The van der Waals surface area contributed by atoms with Crippen LogP contribution in [0.25, 0.3) is 5.69 Å². The summed E-state index contributed by atoms with van der Waals surface area (Å²) < 4.78 is 1.45. The molecule has 0 aliphatic rings. The van der Waals surface area contributed by atoms with E-state index < -0.39 is 0 Å². The van der Waals surface area contributed by atoms with Gasteiger partial charge in [-0.3, -0.25) is 14.2 Å². The highest BCUT2D eigenvalue weighted by molar-refractivity contribution is 7.99. The zero-order valence-corrected chi connectivity index (χ0v) is 17.1. The molecule has 0 radical (unpaired) electrons. The van der Waals surface area contributed by atoms with Crippen LogP contribution >= 0.6 is 23.4 Å². The van der Waals surface area contributed by atoms with E-state index in [0.717, 1.165) is 5.56 Å². The topological polar surface area (TPSA) is 64.8 Å². The normalized spacial score (nSPS) is 10.1. The lowest BCUT2D eigenvalue weighted by Crippen LogP contribution is -2.20. The van der Waals surface area contributed by atoms with Crippen LogP contribution in [-0.2, 0) is 0 Å². The molecule has 27 heavy (non-hydrogen) atoms. The number of carbonyl (C=O) groups is 1. The van der Waals surface area contributed by atoms with E-state index in [1.807, 2.05) is 20.8 Å². The third kappa shape index (κ3) is 4.84. The molecule has 0 saturated carbocycles. The molecular formula is C20H20ClN3O2S. The Morgan fingerprint density at radius 1 is 1.15 bits per heavy atom. The summed E-state index contributed by atoms with van der Waals surface area (Å²) in [5.41, 5.74) is 1.81. The van der Waals surface area contributed by atoms with Crippen molar-refractivity contribution in [2.24, 2.45) is 0 Å². The standard InChI is InChI=1S/C18H14ClN3O2S.C2H6/c1-11-15(12(2)23)7-8-21-17(11)25-16-9-20-10-22(18(16)24)14-5-3-13(19)4-6-14;1-2/h3-10H,1-2H3;1-2H3. The van der Waals surface area contributed by atoms with Gasteiger partial charge in [0.1, 0.15) is 11.4 Å². The molecule has 2 aromatic heterocycles. The molecule has 0 spiro atoms. The molecule has 0 N–H and O–H groups in total. The smallest absolute Gasteiger partial charge is 0.271 e. The molecule has 1 aromatic carbocycles. The van der Waals surface area contributed by atoms with Crippen LogP contribution in [0.5, 0.6) is 0 Å². The summed E-state index contributed by atoms with van der Waals surface area (Å²) in [5.74, 6) is -0.0356. The fourth-order valence-electron chi connectivity index (χ4n) is 2.35. The van der Waals surface area contributed by atoms with E-state index in [2.05, 4.69) is 9.97 Å². The molecule has 0 aliphatic carbocycles. The molecule has 0 saturated heterocycles. The summed E-state index contributed by atoms with van der Waals surface area (Å²) in [5, 5.41) is 1.21. The number of ketones is 1. The largest absolute Gasteiger partial charge is 0.294 e. The zero-order chi connectivity index (χ0) is 20.0. The number of benzene rings is 1. The van der Waals surface area contributed by atoms with Gasteiger partial charge >= 0.3 is 0 Å². The highest BCUT2D eigenvalue weighted by Crippen LogP contribution is 2.27. The van der Waals surface area contributed by atoms with E-state index in [1.54, 1.807) is 36.5 Å². The maximum Gasteiger partial charge on any atom is 0.271 e. The molecule has 7 heteroatoms. The van der Waals surface area contributed by atoms with Gasteiger partial charge < -0.3 is 0 Å². The zero-order valence-electron chi connectivity index (χ0n) is 15.6. The summed E-state index contributed by atoms with van der Waals surface area (Å²) >= 11 is 7.09. The summed E-state index contributed by atoms with van der Waals surface area (Å²) in [6.07, 6.45) is 4.53. The molecule has 5 nitrogen and oxygen atoms in total. The van der Waals surface area contributed by atoms with E-state index in [9.17, 15) is 9.59 Å². The Bertz CT molecular complexity index is 1000. The molecule has 2 heterocycles. The van der Waals surface area contributed by atoms with Gasteiger partial charge in [-0.25, -0.2) is 9.97 Å². The Morgan fingerprint density at radius 2 is 1.81 bits per heavy atom. The summed E-state index contributed by atoms with van der Waals surface area (Å²) in [6.45, 7) is 7.33. The van der Waals surface area contributed by atoms with Crippen molar-refractivity contribution in [3.63, 3.8) is 0 Å². The molecule has 3 rings (SSSR count). The van der Waals surface area contributed by atoms with Crippen LogP contribution < -0.4 is 5.56 Å². The van der Waals surface area contributed by atoms with Crippen molar-refractivity contribution in [2.45, 2.75) is 37.6 Å². The Kier molecular flexibility index (Phi) is 7.33. The van der Waals surface area contributed by atoms with Gasteiger partial charge in [0.15, 0.2) is 5.78 Å². The number of hydrogen-bond donors (Lipinski definition) is 0. The number of halogens is 1. The first-order chi connectivity index (χ1) is 13.0. The Labute approximate surface area is 167 Å². The maximum absolute atomic E-state index is 12.8. The van der Waals surface area contributed by atoms with Crippen molar-refractivity contribution in [3.05, 3.63) is 75.6 Å². The van der Waals surface area contributed by atoms with Gasteiger partial charge in [0.2, 0.25) is 0 Å². The lowest BCUT2D eigenvalue weighted by atomic mass is 10.1.